The number of thioether (sulfide) groups is 1. The molecule has 0 unspecified atom stereocenters. The Morgan fingerprint density at radius 1 is 1.24 bits per heavy atom. The first kappa shape index (κ1) is 13.0. The smallest absolute Gasteiger partial charge is 0.0219 e. The van der Waals surface area contributed by atoms with Crippen molar-refractivity contribution in [3.63, 3.8) is 0 Å². The second-order valence-electron chi connectivity index (χ2n) is 4.82. The van der Waals surface area contributed by atoms with E-state index in [1.165, 1.54) is 48.3 Å². The SMILES string of the molecule is CCCCCSc1ccccc1CNC1CC1. The van der Waals surface area contributed by atoms with Gasteiger partial charge in [0, 0.05) is 17.5 Å². The lowest BCUT2D eigenvalue weighted by Crippen LogP contribution is -2.15. The van der Waals surface area contributed by atoms with Crippen molar-refractivity contribution in [2.75, 3.05) is 5.75 Å². The zero-order valence-corrected chi connectivity index (χ0v) is 11.6. The summed E-state index contributed by atoms with van der Waals surface area (Å²) in [7, 11) is 0. The molecule has 2 heteroatoms. The molecule has 0 spiro atoms. The molecule has 1 fully saturated rings. The summed E-state index contributed by atoms with van der Waals surface area (Å²) in [5, 5.41) is 3.60. The maximum Gasteiger partial charge on any atom is 0.0219 e. The average Bonchev–Trinajstić information content (AvgIpc) is 3.17. The van der Waals surface area contributed by atoms with Crippen LogP contribution in [0.1, 0.15) is 44.6 Å². The molecule has 0 heterocycles. The molecule has 1 aliphatic rings. The van der Waals surface area contributed by atoms with Crippen molar-refractivity contribution in [1.29, 1.82) is 0 Å². The molecule has 1 aromatic rings. The van der Waals surface area contributed by atoms with Gasteiger partial charge in [-0.2, -0.15) is 0 Å². The van der Waals surface area contributed by atoms with Crippen LogP contribution in [0.2, 0.25) is 0 Å². The lowest BCUT2D eigenvalue weighted by molar-refractivity contribution is 0.680. The fourth-order valence-corrected chi connectivity index (χ4v) is 2.94. The summed E-state index contributed by atoms with van der Waals surface area (Å²) < 4.78 is 0. The van der Waals surface area contributed by atoms with E-state index in [9.17, 15) is 0 Å². The highest BCUT2D eigenvalue weighted by Gasteiger charge is 2.20. The molecule has 0 atom stereocenters. The monoisotopic (exact) mass is 249 g/mol. The van der Waals surface area contributed by atoms with Gasteiger partial charge in [0.25, 0.3) is 0 Å². The molecule has 0 radical (unpaired) electrons. The van der Waals surface area contributed by atoms with Crippen LogP contribution >= 0.6 is 11.8 Å². The summed E-state index contributed by atoms with van der Waals surface area (Å²) in [4.78, 5) is 1.47. The van der Waals surface area contributed by atoms with Crippen LogP contribution in [0.15, 0.2) is 29.2 Å². The molecular formula is C15H23NS. The Labute approximate surface area is 109 Å². The first-order valence-corrected chi connectivity index (χ1v) is 7.83. The van der Waals surface area contributed by atoms with E-state index in [1.807, 2.05) is 11.8 Å². The zero-order chi connectivity index (χ0) is 11.9. The Balaban J connectivity index is 1.80. The largest absolute Gasteiger partial charge is 0.310 e. The lowest BCUT2D eigenvalue weighted by atomic mass is 10.2. The maximum atomic E-state index is 3.60. The summed E-state index contributed by atoms with van der Waals surface area (Å²) in [6.45, 7) is 3.31. The van der Waals surface area contributed by atoms with Gasteiger partial charge < -0.3 is 5.32 Å². The highest BCUT2D eigenvalue weighted by molar-refractivity contribution is 7.99. The molecule has 94 valence electrons. The van der Waals surface area contributed by atoms with Gasteiger partial charge in [0.15, 0.2) is 0 Å². The third-order valence-corrected chi connectivity index (χ3v) is 4.34. The molecule has 0 aliphatic heterocycles. The van der Waals surface area contributed by atoms with E-state index < -0.39 is 0 Å². The van der Waals surface area contributed by atoms with Gasteiger partial charge in [-0.05, 0) is 36.6 Å². The maximum absolute atomic E-state index is 3.60. The normalized spacial score (nSPS) is 15.1. The summed E-state index contributed by atoms with van der Waals surface area (Å²) in [5.74, 6) is 1.26. The topological polar surface area (TPSA) is 12.0 Å². The lowest BCUT2D eigenvalue weighted by Gasteiger charge is -2.09. The molecule has 17 heavy (non-hydrogen) atoms. The number of hydrogen-bond donors (Lipinski definition) is 1. The summed E-state index contributed by atoms with van der Waals surface area (Å²) in [6, 6.07) is 9.63. The molecule has 2 rings (SSSR count). The van der Waals surface area contributed by atoms with Gasteiger partial charge in [0.05, 0.1) is 0 Å². The first-order valence-electron chi connectivity index (χ1n) is 6.84. The molecule has 1 aromatic carbocycles. The van der Waals surface area contributed by atoms with Gasteiger partial charge in [0.1, 0.15) is 0 Å². The molecule has 1 aliphatic carbocycles. The number of unbranched alkanes of at least 4 members (excludes halogenated alkanes) is 2. The predicted octanol–water partition coefficient (Wildman–Crippen LogP) is 4.22. The second kappa shape index (κ2) is 7.07. The molecule has 1 nitrogen and oxygen atoms in total. The summed E-state index contributed by atoms with van der Waals surface area (Å²) in [6.07, 6.45) is 6.74. The summed E-state index contributed by atoms with van der Waals surface area (Å²) >= 11 is 2.02. The molecule has 0 amide bonds. The minimum atomic E-state index is 0.799. The molecule has 1 N–H and O–H groups in total. The van der Waals surface area contributed by atoms with Crippen molar-refractivity contribution >= 4 is 11.8 Å². The van der Waals surface area contributed by atoms with Crippen molar-refractivity contribution < 1.29 is 0 Å². The fraction of sp³-hybridized carbons (Fsp3) is 0.600. The van der Waals surface area contributed by atoms with Crippen molar-refractivity contribution in [2.24, 2.45) is 0 Å². The van der Waals surface area contributed by atoms with E-state index in [1.54, 1.807) is 0 Å². The molecule has 0 saturated heterocycles. The first-order chi connectivity index (χ1) is 8.40. The summed E-state index contributed by atoms with van der Waals surface area (Å²) in [5.41, 5.74) is 1.47. The number of nitrogens with one attached hydrogen (secondary N) is 1. The Hall–Kier alpha value is -0.470. The van der Waals surface area contributed by atoms with Crippen LogP contribution in [0.3, 0.4) is 0 Å². The van der Waals surface area contributed by atoms with E-state index in [-0.39, 0.29) is 0 Å². The fourth-order valence-electron chi connectivity index (χ4n) is 1.87. The Morgan fingerprint density at radius 3 is 2.82 bits per heavy atom. The van der Waals surface area contributed by atoms with Crippen molar-refractivity contribution in [3.8, 4) is 0 Å². The minimum Gasteiger partial charge on any atom is -0.310 e. The van der Waals surface area contributed by atoms with Crippen LogP contribution in [0, 0.1) is 0 Å². The van der Waals surface area contributed by atoms with Gasteiger partial charge >= 0.3 is 0 Å². The van der Waals surface area contributed by atoms with Gasteiger partial charge in [-0.3, -0.25) is 0 Å². The quantitative estimate of drug-likeness (QED) is 0.547. The van der Waals surface area contributed by atoms with Gasteiger partial charge in [0.2, 0.25) is 0 Å². The van der Waals surface area contributed by atoms with Gasteiger partial charge in [-0.1, -0.05) is 38.0 Å². The third kappa shape index (κ3) is 4.72. The van der Waals surface area contributed by atoms with Crippen molar-refractivity contribution in [2.45, 2.75) is 56.5 Å². The van der Waals surface area contributed by atoms with Crippen LogP contribution in [-0.2, 0) is 6.54 Å². The van der Waals surface area contributed by atoms with Crippen LogP contribution in [0.4, 0.5) is 0 Å². The minimum absolute atomic E-state index is 0.799. The number of hydrogen-bond acceptors (Lipinski definition) is 2. The zero-order valence-electron chi connectivity index (χ0n) is 10.7. The second-order valence-corrected chi connectivity index (χ2v) is 5.96. The van der Waals surface area contributed by atoms with E-state index in [2.05, 4.69) is 36.5 Å². The highest BCUT2D eigenvalue weighted by atomic mass is 32.2. The molecule has 1 saturated carbocycles. The number of rotatable bonds is 8. The van der Waals surface area contributed by atoms with Crippen LogP contribution in [0.25, 0.3) is 0 Å². The Bertz CT molecular complexity index is 333. The molecule has 0 bridgehead atoms. The van der Waals surface area contributed by atoms with Gasteiger partial charge in [-0.15, -0.1) is 11.8 Å². The standard InChI is InChI=1S/C15H23NS/c1-2-3-6-11-17-15-8-5-4-7-13(15)12-16-14-9-10-14/h4-5,7-8,14,16H,2-3,6,9-12H2,1H3. The van der Waals surface area contributed by atoms with E-state index in [0.29, 0.717) is 0 Å². The van der Waals surface area contributed by atoms with E-state index in [4.69, 9.17) is 0 Å². The predicted molar refractivity (Wildman–Crippen MR) is 76.6 cm³/mol. The highest BCUT2D eigenvalue weighted by Crippen LogP contribution is 2.25. The van der Waals surface area contributed by atoms with Crippen LogP contribution in [-0.4, -0.2) is 11.8 Å². The Kier molecular flexibility index (Phi) is 5.40. The van der Waals surface area contributed by atoms with E-state index >= 15 is 0 Å². The van der Waals surface area contributed by atoms with Crippen LogP contribution < -0.4 is 5.32 Å². The van der Waals surface area contributed by atoms with E-state index in [0.717, 1.165) is 12.6 Å². The van der Waals surface area contributed by atoms with Crippen molar-refractivity contribution in [1.82, 2.24) is 5.32 Å². The molecule has 0 aromatic heterocycles. The average molecular weight is 249 g/mol. The third-order valence-electron chi connectivity index (χ3n) is 3.14. The Morgan fingerprint density at radius 2 is 2.06 bits per heavy atom. The molecular weight excluding hydrogens is 226 g/mol. The number of benzene rings is 1. The van der Waals surface area contributed by atoms with Crippen molar-refractivity contribution in [3.05, 3.63) is 29.8 Å². The van der Waals surface area contributed by atoms with Gasteiger partial charge in [-0.25, -0.2) is 0 Å². The van der Waals surface area contributed by atoms with Crippen LogP contribution in [0.5, 0.6) is 0 Å².